The highest BCUT2D eigenvalue weighted by Crippen LogP contribution is 1.79. The Balaban J connectivity index is 2.84. The van der Waals surface area contributed by atoms with Gasteiger partial charge in [-0.3, -0.25) is 0 Å². The Morgan fingerprint density at radius 1 is 1.88 bits per heavy atom. The summed E-state index contributed by atoms with van der Waals surface area (Å²) in [5.41, 5.74) is 0. The molecule has 0 aliphatic heterocycles. The van der Waals surface area contributed by atoms with Crippen LogP contribution in [-0.4, -0.2) is 15.3 Å². The predicted octanol–water partition coefficient (Wildman–Crippen LogP) is -0.975. The maximum Gasteiger partial charge on any atom is 0.300 e. The number of aliphatic hydroxyl groups excluding tert-OH is 1. The van der Waals surface area contributed by atoms with Gasteiger partial charge in [-0.15, -0.1) is 5.10 Å². The normalized spacial score (nSPS) is 9.75. The molecular weight excluding hydrogens is 106 g/mol. The molecule has 0 saturated heterocycles. The number of hydrogen-bond acceptors (Lipinski definition) is 2. The highest BCUT2D eigenvalue weighted by atomic mass is 16.3. The van der Waals surface area contributed by atoms with Gasteiger partial charge in [-0.25, -0.2) is 4.98 Å². The van der Waals surface area contributed by atoms with Gasteiger partial charge in [0.1, 0.15) is 6.61 Å². The minimum absolute atomic E-state index is 0.0374. The molecule has 0 aromatic carbocycles. The maximum absolute atomic E-state index is 8.44. The maximum atomic E-state index is 8.44. The van der Waals surface area contributed by atoms with E-state index in [2.05, 4.69) is 15.2 Å². The van der Waals surface area contributed by atoms with Gasteiger partial charge in [-0.1, -0.05) is 0 Å². The highest BCUT2D eigenvalue weighted by Gasteiger charge is 2.02. The zero-order valence-corrected chi connectivity index (χ0v) is 4.60. The highest BCUT2D eigenvalue weighted by molar-refractivity contribution is 4.68. The van der Waals surface area contributed by atoms with Crippen molar-refractivity contribution in [1.82, 2.24) is 10.2 Å². The second-order valence-corrected chi connectivity index (χ2v) is 1.58. The Hall–Kier alpha value is -0.900. The van der Waals surface area contributed by atoms with Crippen molar-refractivity contribution < 1.29 is 10.1 Å². The van der Waals surface area contributed by atoms with E-state index in [4.69, 9.17) is 5.11 Å². The third kappa shape index (κ3) is 0.840. The minimum atomic E-state index is -0.0374. The van der Waals surface area contributed by atoms with Gasteiger partial charge in [-0.2, -0.15) is 0 Å². The molecule has 0 radical (unpaired) electrons. The smallest absolute Gasteiger partial charge is 0.300 e. The summed E-state index contributed by atoms with van der Waals surface area (Å²) in [4.78, 5) is 2.81. The molecule has 0 bridgehead atoms. The molecule has 0 aliphatic rings. The summed E-state index contributed by atoms with van der Waals surface area (Å²) in [5, 5.41) is 14.8. The first-order valence-electron chi connectivity index (χ1n) is 2.37. The van der Waals surface area contributed by atoms with Crippen LogP contribution < -0.4 is 4.98 Å². The van der Waals surface area contributed by atoms with Crippen molar-refractivity contribution in [2.75, 3.05) is 0 Å². The molecule has 0 fully saturated rings. The number of rotatable bonds is 1. The van der Waals surface area contributed by atoms with Gasteiger partial charge in [0.05, 0.1) is 0 Å². The molecule has 4 nitrogen and oxygen atoms in total. The first kappa shape index (κ1) is 5.24. The Labute approximate surface area is 46.6 Å². The van der Waals surface area contributed by atoms with Crippen LogP contribution >= 0.6 is 0 Å². The van der Waals surface area contributed by atoms with Crippen molar-refractivity contribution >= 4 is 0 Å². The average Bonchev–Trinajstić information content (AvgIpc) is 2.14. The molecule has 0 aliphatic carbocycles. The molecule has 1 aromatic rings. The fourth-order valence-corrected chi connectivity index (χ4v) is 0.499. The van der Waals surface area contributed by atoms with Crippen molar-refractivity contribution in [2.45, 2.75) is 13.5 Å². The topological polar surface area (TPSA) is 63.0 Å². The number of aromatic nitrogens is 3. The number of nitrogens with one attached hydrogen (secondary N) is 2. The van der Waals surface area contributed by atoms with Gasteiger partial charge >= 0.3 is 5.82 Å². The van der Waals surface area contributed by atoms with Crippen molar-refractivity contribution in [3.8, 4) is 0 Å². The quantitative estimate of drug-likeness (QED) is 0.493. The van der Waals surface area contributed by atoms with Gasteiger partial charge in [0.2, 0.25) is 5.82 Å². The monoisotopic (exact) mass is 114 g/mol. The van der Waals surface area contributed by atoms with E-state index in [0.717, 1.165) is 5.82 Å². The molecule has 1 aromatic heterocycles. The van der Waals surface area contributed by atoms with E-state index < -0.39 is 0 Å². The molecule has 0 amide bonds. The van der Waals surface area contributed by atoms with Crippen LogP contribution in [0.4, 0.5) is 0 Å². The molecule has 1 heterocycles. The van der Waals surface area contributed by atoms with E-state index in [1.54, 1.807) is 0 Å². The lowest BCUT2D eigenvalue weighted by molar-refractivity contribution is -0.403. The lowest BCUT2D eigenvalue weighted by atomic mass is 10.7. The molecule has 4 heteroatoms. The molecule has 0 saturated carbocycles. The minimum Gasteiger partial charge on any atom is -0.385 e. The second-order valence-electron chi connectivity index (χ2n) is 1.58. The van der Waals surface area contributed by atoms with Crippen molar-refractivity contribution in [3.05, 3.63) is 11.6 Å². The molecule has 0 unspecified atom stereocenters. The lowest BCUT2D eigenvalue weighted by Gasteiger charge is -1.70. The molecule has 0 atom stereocenters. The third-order valence-corrected chi connectivity index (χ3v) is 0.840. The number of nitrogens with zero attached hydrogens (tertiary/aromatic N) is 1. The fraction of sp³-hybridized carbons (Fsp3) is 0.500. The Kier molecular flexibility index (Phi) is 1.26. The zero-order valence-electron chi connectivity index (χ0n) is 4.60. The van der Waals surface area contributed by atoms with Crippen LogP contribution in [0.3, 0.4) is 0 Å². The SMILES string of the molecule is Cc1[nH]nc(CO)[nH+]1. The van der Waals surface area contributed by atoms with Gasteiger partial charge < -0.3 is 5.11 Å². The number of hydrogen-bond donors (Lipinski definition) is 2. The first-order chi connectivity index (χ1) is 3.83. The van der Waals surface area contributed by atoms with Crippen molar-refractivity contribution in [2.24, 2.45) is 0 Å². The largest absolute Gasteiger partial charge is 0.385 e. The molecule has 44 valence electrons. The van der Waals surface area contributed by atoms with Gasteiger partial charge in [0, 0.05) is 12.0 Å². The van der Waals surface area contributed by atoms with E-state index in [1.807, 2.05) is 6.92 Å². The summed E-state index contributed by atoms with van der Waals surface area (Å²) in [7, 11) is 0. The number of aliphatic hydroxyl groups is 1. The lowest BCUT2D eigenvalue weighted by Crippen LogP contribution is -2.08. The molecule has 3 N–H and O–H groups in total. The number of aromatic amines is 2. The Morgan fingerprint density at radius 3 is 2.88 bits per heavy atom. The van der Waals surface area contributed by atoms with Crippen LogP contribution in [0.15, 0.2) is 0 Å². The number of aryl methyl sites for hydroxylation is 1. The van der Waals surface area contributed by atoms with Crippen molar-refractivity contribution in [3.63, 3.8) is 0 Å². The van der Waals surface area contributed by atoms with Crippen LogP contribution in [0.25, 0.3) is 0 Å². The number of H-pyrrole nitrogens is 2. The van der Waals surface area contributed by atoms with E-state index in [9.17, 15) is 0 Å². The summed E-state index contributed by atoms with van der Waals surface area (Å²) in [6, 6.07) is 0. The molecule has 8 heavy (non-hydrogen) atoms. The standard InChI is InChI=1S/C4H7N3O/c1-3-5-4(2-8)7-6-3/h8H,2H2,1H3,(H,5,6,7)/p+1. The third-order valence-electron chi connectivity index (χ3n) is 0.840. The Bertz CT molecular complexity index is 172. The molecular formula is C4H8N3O+. The zero-order chi connectivity index (χ0) is 5.98. The van der Waals surface area contributed by atoms with Gasteiger partial charge in [-0.05, 0) is 0 Å². The Morgan fingerprint density at radius 2 is 2.62 bits per heavy atom. The van der Waals surface area contributed by atoms with Crippen LogP contribution in [0.2, 0.25) is 0 Å². The molecule has 1 rings (SSSR count). The van der Waals surface area contributed by atoms with Gasteiger partial charge in [0.25, 0.3) is 0 Å². The van der Waals surface area contributed by atoms with E-state index in [-0.39, 0.29) is 6.61 Å². The average molecular weight is 114 g/mol. The van der Waals surface area contributed by atoms with Gasteiger partial charge in [0.15, 0.2) is 0 Å². The summed E-state index contributed by atoms with van der Waals surface area (Å²) >= 11 is 0. The van der Waals surface area contributed by atoms with Crippen LogP contribution in [-0.2, 0) is 6.61 Å². The van der Waals surface area contributed by atoms with Crippen LogP contribution in [0.1, 0.15) is 11.6 Å². The van der Waals surface area contributed by atoms with E-state index >= 15 is 0 Å². The summed E-state index contributed by atoms with van der Waals surface area (Å²) in [6.45, 7) is 1.80. The van der Waals surface area contributed by atoms with Crippen molar-refractivity contribution in [1.29, 1.82) is 0 Å². The summed E-state index contributed by atoms with van der Waals surface area (Å²) in [6.07, 6.45) is 0. The second kappa shape index (κ2) is 1.92. The molecule has 0 spiro atoms. The predicted molar refractivity (Wildman–Crippen MR) is 25.8 cm³/mol. The summed E-state index contributed by atoms with van der Waals surface area (Å²) in [5.74, 6) is 1.43. The van der Waals surface area contributed by atoms with E-state index in [1.165, 1.54) is 0 Å². The fourth-order valence-electron chi connectivity index (χ4n) is 0.499. The summed E-state index contributed by atoms with van der Waals surface area (Å²) < 4.78 is 0. The van der Waals surface area contributed by atoms with Crippen LogP contribution in [0, 0.1) is 6.92 Å². The first-order valence-corrected chi connectivity index (χ1v) is 2.37. The van der Waals surface area contributed by atoms with Crippen LogP contribution in [0.5, 0.6) is 0 Å². The van der Waals surface area contributed by atoms with E-state index in [0.29, 0.717) is 5.82 Å².